The zero-order valence-electron chi connectivity index (χ0n) is 12.9. The predicted octanol–water partition coefficient (Wildman–Crippen LogP) is 1.91. The molecule has 23 heavy (non-hydrogen) atoms. The van der Waals surface area contributed by atoms with Gasteiger partial charge in [0, 0.05) is 24.8 Å². The molecule has 6 heteroatoms. The lowest BCUT2D eigenvalue weighted by Gasteiger charge is -2.16. The Morgan fingerprint density at radius 1 is 1.39 bits per heavy atom. The molecule has 1 N–H and O–H groups in total. The van der Waals surface area contributed by atoms with Crippen LogP contribution in [0, 0.1) is 0 Å². The van der Waals surface area contributed by atoms with E-state index in [0.717, 1.165) is 18.7 Å². The molecule has 0 bridgehead atoms. The van der Waals surface area contributed by atoms with Crippen LogP contribution in [0.15, 0.2) is 49.4 Å². The summed E-state index contributed by atoms with van der Waals surface area (Å²) in [7, 11) is 1.67. The Bertz CT molecular complexity index is 748. The number of carbonyl (C=O) groups excluding carboxylic acids is 2. The van der Waals surface area contributed by atoms with E-state index in [9.17, 15) is 9.59 Å². The molecule has 0 saturated heterocycles. The molecule has 2 amide bonds. The summed E-state index contributed by atoms with van der Waals surface area (Å²) in [5.74, 6) is -0.324. The maximum Gasteiger partial charge on any atom is 0.251 e. The number of carbonyl (C=O) groups is 2. The van der Waals surface area contributed by atoms with Crippen LogP contribution in [-0.4, -0.2) is 28.4 Å². The van der Waals surface area contributed by atoms with Crippen molar-refractivity contribution in [3.05, 3.63) is 60.7 Å². The number of benzene rings is 1. The number of imidazole rings is 1. The summed E-state index contributed by atoms with van der Waals surface area (Å²) < 4.78 is 2.05. The Kier molecular flexibility index (Phi) is 3.97. The number of anilines is 1. The highest BCUT2D eigenvalue weighted by molar-refractivity contribution is 6.01. The van der Waals surface area contributed by atoms with Gasteiger partial charge in [-0.15, -0.1) is 0 Å². The van der Waals surface area contributed by atoms with E-state index in [1.54, 1.807) is 43.8 Å². The molecule has 1 aromatic heterocycles. The smallest absolute Gasteiger partial charge is 0.251 e. The molecule has 6 nitrogen and oxygen atoms in total. The summed E-state index contributed by atoms with van der Waals surface area (Å²) in [6.07, 6.45) is 5.70. The molecule has 118 valence electrons. The van der Waals surface area contributed by atoms with Crippen molar-refractivity contribution in [3.8, 4) is 0 Å². The van der Waals surface area contributed by atoms with Crippen molar-refractivity contribution in [1.82, 2.24) is 14.9 Å². The number of aryl methyl sites for hydroxylation is 1. The van der Waals surface area contributed by atoms with Crippen LogP contribution < -0.4 is 10.2 Å². The Morgan fingerprint density at radius 3 is 2.83 bits per heavy atom. The molecule has 0 spiro atoms. The van der Waals surface area contributed by atoms with Gasteiger partial charge in [0.15, 0.2) is 0 Å². The van der Waals surface area contributed by atoms with Crippen LogP contribution in [0.1, 0.15) is 28.5 Å². The minimum Gasteiger partial charge on any atom is -0.344 e. The van der Waals surface area contributed by atoms with E-state index >= 15 is 0 Å². The lowest BCUT2D eigenvalue weighted by molar-refractivity contribution is -0.113. The van der Waals surface area contributed by atoms with E-state index in [0.29, 0.717) is 11.3 Å². The second-order valence-corrected chi connectivity index (χ2v) is 5.47. The molecule has 1 atom stereocenters. The first-order chi connectivity index (χ1) is 11.1. The fourth-order valence-corrected chi connectivity index (χ4v) is 2.71. The van der Waals surface area contributed by atoms with E-state index < -0.39 is 0 Å². The van der Waals surface area contributed by atoms with Crippen molar-refractivity contribution in [2.45, 2.75) is 19.0 Å². The van der Waals surface area contributed by atoms with Gasteiger partial charge in [-0.05, 0) is 36.8 Å². The number of nitrogens with zero attached hydrogens (tertiary/aromatic N) is 3. The van der Waals surface area contributed by atoms with Gasteiger partial charge < -0.3 is 14.8 Å². The zero-order valence-corrected chi connectivity index (χ0v) is 12.9. The largest absolute Gasteiger partial charge is 0.344 e. The summed E-state index contributed by atoms with van der Waals surface area (Å²) in [5, 5.41) is 3.02. The van der Waals surface area contributed by atoms with E-state index in [1.165, 1.54) is 11.0 Å². The third kappa shape index (κ3) is 2.88. The summed E-state index contributed by atoms with van der Waals surface area (Å²) in [4.78, 5) is 29.5. The number of hydrogen-bond donors (Lipinski definition) is 1. The van der Waals surface area contributed by atoms with Gasteiger partial charge in [0.25, 0.3) is 5.91 Å². The maximum absolute atomic E-state index is 12.4. The van der Waals surface area contributed by atoms with Crippen molar-refractivity contribution in [2.24, 2.45) is 0 Å². The molecule has 1 aliphatic heterocycles. The lowest BCUT2D eigenvalue weighted by Crippen LogP contribution is -2.27. The van der Waals surface area contributed by atoms with Crippen LogP contribution in [-0.2, 0) is 11.3 Å². The number of nitrogens with one attached hydrogen (secondary N) is 1. The van der Waals surface area contributed by atoms with Crippen LogP contribution in [0.2, 0.25) is 0 Å². The predicted molar refractivity (Wildman–Crippen MR) is 87.1 cm³/mol. The molecule has 2 aromatic rings. The number of fused-ring (bicyclic) bond motifs is 1. The van der Waals surface area contributed by atoms with E-state index in [-0.39, 0.29) is 17.9 Å². The second-order valence-electron chi connectivity index (χ2n) is 5.47. The number of rotatable bonds is 4. The summed E-state index contributed by atoms with van der Waals surface area (Å²) in [5.41, 5.74) is 2.31. The van der Waals surface area contributed by atoms with Crippen LogP contribution in [0.5, 0.6) is 0 Å². The van der Waals surface area contributed by atoms with Crippen molar-refractivity contribution in [3.63, 3.8) is 0 Å². The molecule has 0 aliphatic carbocycles. The van der Waals surface area contributed by atoms with Gasteiger partial charge in [0.2, 0.25) is 5.91 Å². The molecular formula is C17H18N4O2. The highest BCUT2D eigenvalue weighted by Crippen LogP contribution is 2.25. The molecule has 3 rings (SSSR count). The first-order valence-corrected chi connectivity index (χ1v) is 7.41. The third-order valence-electron chi connectivity index (χ3n) is 4.09. The maximum atomic E-state index is 12.4. The highest BCUT2D eigenvalue weighted by atomic mass is 16.2. The Balaban J connectivity index is 1.69. The fraction of sp³-hybridized carbons (Fsp3) is 0.235. The van der Waals surface area contributed by atoms with Gasteiger partial charge in [-0.3, -0.25) is 9.59 Å². The number of aromatic nitrogens is 2. The molecule has 2 heterocycles. The average molecular weight is 310 g/mol. The molecule has 1 unspecified atom stereocenters. The average Bonchev–Trinajstić information content (AvgIpc) is 3.18. The monoisotopic (exact) mass is 310 g/mol. The van der Waals surface area contributed by atoms with Crippen molar-refractivity contribution < 1.29 is 9.59 Å². The lowest BCUT2D eigenvalue weighted by atomic mass is 10.1. The van der Waals surface area contributed by atoms with Gasteiger partial charge in [-0.1, -0.05) is 6.58 Å². The van der Waals surface area contributed by atoms with E-state index in [1.807, 2.05) is 4.57 Å². The molecular weight excluding hydrogens is 292 g/mol. The van der Waals surface area contributed by atoms with Crippen LogP contribution in [0.4, 0.5) is 5.69 Å². The molecule has 1 aliphatic rings. The van der Waals surface area contributed by atoms with Gasteiger partial charge >= 0.3 is 0 Å². The third-order valence-corrected chi connectivity index (χ3v) is 4.09. The summed E-state index contributed by atoms with van der Waals surface area (Å²) in [6, 6.07) is 6.91. The Morgan fingerprint density at radius 2 is 2.13 bits per heavy atom. The molecule has 0 saturated carbocycles. The number of amides is 2. The van der Waals surface area contributed by atoms with Gasteiger partial charge in [0.1, 0.15) is 0 Å². The molecule has 0 radical (unpaired) electrons. The minimum absolute atomic E-state index is 0.00491. The fourth-order valence-electron chi connectivity index (χ4n) is 2.71. The minimum atomic E-state index is -0.193. The molecule has 0 fully saturated rings. The van der Waals surface area contributed by atoms with Crippen molar-refractivity contribution in [2.75, 3.05) is 11.9 Å². The highest BCUT2D eigenvalue weighted by Gasteiger charge is 2.24. The first-order valence-electron chi connectivity index (χ1n) is 7.41. The van der Waals surface area contributed by atoms with Crippen LogP contribution in [0.3, 0.4) is 0 Å². The van der Waals surface area contributed by atoms with Crippen molar-refractivity contribution >= 4 is 17.5 Å². The number of likely N-dealkylation sites (N-methyl/N-ethyl adjacent to an activating group) is 1. The topological polar surface area (TPSA) is 67.2 Å². The van der Waals surface area contributed by atoms with Gasteiger partial charge in [-0.25, -0.2) is 4.98 Å². The number of hydrogen-bond acceptors (Lipinski definition) is 3. The normalized spacial score (nSPS) is 15.8. The zero-order chi connectivity index (χ0) is 16.4. The first kappa shape index (κ1) is 15.0. The van der Waals surface area contributed by atoms with Crippen LogP contribution >= 0.6 is 0 Å². The standard InChI is InChI=1S/C17H18N4O2/c1-3-16(22)20(2)13-6-4-12(5-7-13)17(23)19-14-8-9-21-11-18-10-15(14)21/h3-7,10-11,14H,1,8-9H2,2H3,(H,19,23). The quantitative estimate of drug-likeness (QED) is 0.877. The summed E-state index contributed by atoms with van der Waals surface area (Å²) in [6.45, 7) is 4.33. The van der Waals surface area contributed by atoms with Gasteiger partial charge in [0.05, 0.1) is 24.3 Å². The van der Waals surface area contributed by atoms with Gasteiger partial charge in [-0.2, -0.15) is 0 Å². The van der Waals surface area contributed by atoms with E-state index in [2.05, 4.69) is 16.9 Å². The van der Waals surface area contributed by atoms with Crippen LogP contribution in [0.25, 0.3) is 0 Å². The Labute approximate surface area is 134 Å². The van der Waals surface area contributed by atoms with E-state index in [4.69, 9.17) is 0 Å². The SMILES string of the molecule is C=CC(=O)N(C)c1ccc(C(=O)NC2CCn3cncc32)cc1. The Hall–Kier alpha value is -2.89. The summed E-state index contributed by atoms with van der Waals surface area (Å²) >= 11 is 0. The molecule has 1 aromatic carbocycles. The second kappa shape index (κ2) is 6.08. The van der Waals surface area contributed by atoms with Crippen molar-refractivity contribution in [1.29, 1.82) is 0 Å².